The van der Waals surface area contributed by atoms with Crippen molar-refractivity contribution in [1.82, 2.24) is 15.1 Å². The van der Waals surface area contributed by atoms with E-state index in [9.17, 15) is 22.8 Å². The number of nitrogens with zero attached hydrogens (tertiary/aromatic N) is 3. The largest absolute Gasteiger partial charge is 0.363 e. The molecule has 1 saturated heterocycles. The summed E-state index contributed by atoms with van der Waals surface area (Å²) in [7, 11) is -1.46. The first-order valence-electron chi connectivity index (χ1n) is 9.34. The van der Waals surface area contributed by atoms with E-state index in [1.807, 2.05) is 6.07 Å². The molecule has 3 rings (SSSR count). The molecule has 0 bridgehead atoms. The van der Waals surface area contributed by atoms with Crippen molar-refractivity contribution in [3.05, 3.63) is 47.7 Å². The second kappa shape index (κ2) is 8.66. The highest BCUT2D eigenvalue weighted by molar-refractivity contribution is 7.91. The summed E-state index contributed by atoms with van der Waals surface area (Å²) in [5.74, 6) is -2.36. The number of nitrogens with one attached hydrogen (secondary N) is 1. The Kier molecular flexibility index (Phi) is 6.20. The summed E-state index contributed by atoms with van der Waals surface area (Å²) >= 11 is 0. The number of aromatic nitrogens is 2. The number of rotatable bonds is 7. The molecule has 2 aromatic rings. The van der Waals surface area contributed by atoms with Gasteiger partial charge in [-0.15, -0.1) is 0 Å². The van der Waals surface area contributed by atoms with E-state index in [1.54, 1.807) is 36.2 Å². The zero-order valence-electron chi connectivity index (χ0n) is 16.4. The highest BCUT2D eigenvalue weighted by atomic mass is 32.2. The minimum atomic E-state index is -3.10. The van der Waals surface area contributed by atoms with Crippen LogP contribution in [0.5, 0.6) is 0 Å². The van der Waals surface area contributed by atoms with E-state index in [4.69, 9.17) is 5.73 Å². The lowest BCUT2D eigenvalue weighted by Gasteiger charge is -2.27. The molecule has 2 heterocycles. The highest BCUT2D eigenvalue weighted by Crippen LogP contribution is 2.21. The average Bonchev–Trinajstić information content (AvgIpc) is 3.09. The first kappa shape index (κ1) is 21.5. The van der Waals surface area contributed by atoms with Crippen LogP contribution in [0.2, 0.25) is 0 Å². The summed E-state index contributed by atoms with van der Waals surface area (Å²) in [5, 5.41) is 6.87. The summed E-state index contributed by atoms with van der Waals surface area (Å²) in [5.41, 5.74) is 6.10. The summed E-state index contributed by atoms with van der Waals surface area (Å²) < 4.78 is 24.8. The molecule has 30 heavy (non-hydrogen) atoms. The molecule has 0 radical (unpaired) electrons. The standard InChI is InChI=1S/C19H23N5O5S/c1-23-12-14(18(22-23)24-7-9-30(28,29)10-8-24)19(27)21-15(16(25)17(20)26)11-13-5-3-2-4-6-13/h2-6,12,15H,7-11H2,1H3,(H2,20,26)(H,21,27). The van der Waals surface area contributed by atoms with Crippen LogP contribution in [-0.4, -0.2) is 66.4 Å². The molecule has 1 aromatic carbocycles. The molecule has 1 unspecified atom stereocenters. The number of aryl methyl sites for hydroxylation is 1. The fourth-order valence-electron chi connectivity index (χ4n) is 3.26. The van der Waals surface area contributed by atoms with E-state index in [-0.39, 0.29) is 36.6 Å². The first-order valence-corrected chi connectivity index (χ1v) is 11.2. The van der Waals surface area contributed by atoms with Gasteiger partial charge in [-0.05, 0) is 5.56 Å². The van der Waals surface area contributed by atoms with Crippen molar-refractivity contribution in [2.75, 3.05) is 29.5 Å². The molecule has 160 valence electrons. The van der Waals surface area contributed by atoms with Crippen LogP contribution in [-0.2, 0) is 32.9 Å². The van der Waals surface area contributed by atoms with Crippen molar-refractivity contribution >= 4 is 33.3 Å². The third kappa shape index (κ3) is 5.03. The van der Waals surface area contributed by atoms with Gasteiger partial charge in [0.2, 0.25) is 5.78 Å². The number of hydrogen-bond acceptors (Lipinski definition) is 7. The molecule has 1 aliphatic heterocycles. The highest BCUT2D eigenvalue weighted by Gasteiger charge is 2.30. The van der Waals surface area contributed by atoms with Crippen LogP contribution in [0, 0.1) is 0 Å². The molecule has 1 fully saturated rings. The molecule has 11 heteroatoms. The van der Waals surface area contributed by atoms with E-state index < -0.39 is 33.5 Å². The minimum absolute atomic E-state index is 0.0264. The Morgan fingerprint density at radius 3 is 2.40 bits per heavy atom. The number of carbonyl (C=O) groups excluding carboxylic acids is 3. The van der Waals surface area contributed by atoms with Gasteiger partial charge in [-0.25, -0.2) is 8.42 Å². The summed E-state index contributed by atoms with van der Waals surface area (Å²) in [6, 6.07) is 7.80. The maximum atomic E-state index is 13.0. The lowest BCUT2D eigenvalue weighted by molar-refractivity contribution is -0.137. The van der Waals surface area contributed by atoms with Crippen LogP contribution >= 0.6 is 0 Å². The minimum Gasteiger partial charge on any atom is -0.363 e. The Balaban J connectivity index is 1.82. The number of carbonyl (C=O) groups is 3. The average molecular weight is 433 g/mol. The number of sulfone groups is 1. The lowest BCUT2D eigenvalue weighted by atomic mass is 10.0. The van der Waals surface area contributed by atoms with Crippen molar-refractivity contribution in [3.63, 3.8) is 0 Å². The Hall–Kier alpha value is -3.21. The fourth-order valence-corrected chi connectivity index (χ4v) is 4.46. The molecule has 10 nitrogen and oxygen atoms in total. The molecule has 1 atom stereocenters. The maximum absolute atomic E-state index is 13.0. The van der Waals surface area contributed by atoms with Gasteiger partial charge in [0.1, 0.15) is 11.6 Å². The van der Waals surface area contributed by atoms with Crippen molar-refractivity contribution in [2.24, 2.45) is 12.8 Å². The molecule has 0 saturated carbocycles. The predicted molar refractivity (Wildman–Crippen MR) is 110 cm³/mol. The van der Waals surface area contributed by atoms with Crippen LogP contribution in [0.4, 0.5) is 5.82 Å². The van der Waals surface area contributed by atoms with Gasteiger partial charge in [0.25, 0.3) is 11.8 Å². The van der Waals surface area contributed by atoms with E-state index in [0.717, 1.165) is 5.56 Å². The van der Waals surface area contributed by atoms with Crippen molar-refractivity contribution in [2.45, 2.75) is 12.5 Å². The van der Waals surface area contributed by atoms with Crippen molar-refractivity contribution in [1.29, 1.82) is 0 Å². The van der Waals surface area contributed by atoms with Crippen molar-refractivity contribution < 1.29 is 22.8 Å². The number of anilines is 1. The van der Waals surface area contributed by atoms with Crippen LogP contribution in [0.1, 0.15) is 15.9 Å². The number of hydrogen-bond donors (Lipinski definition) is 2. The van der Waals surface area contributed by atoms with E-state index in [0.29, 0.717) is 5.82 Å². The van der Waals surface area contributed by atoms with Gasteiger partial charge >= 0.3 is 0 Å². The van der Waals surface area contributed by atoms with Crippen LogP contribution in [0.3, 0.4) is 0 Å². The molecular weight excluding hydrogens is 410 g/mol. The molecule has 2 amide bonds. The molecule has 0 aliphatic carbocycles. The molecule has 1 aromatic heterocycles. The van der Waals surface area contributed by atoms with Gasteiger partial charge in [-0.2, -0.15) is 5.10 Å². The lowest BCUT2D eigenvalue weighted by Crippen LogP contribution is -2.48. The summed E-state index contributed by atoms with van der Waals surface area (Å²) in [6.45, 7) is 0.431. The van der Waals surface area contributed by atoms with Gasteiger partial charge in [0.05, 0.1) is 11.5 Å². The van der Waals surface area contributed by atoms with Crippen LogP contribution < -0.4 is 16.0 Å². The second-order valence-electron chi connectivity index (χ2n) is 7.12. The normalized spacial score (nSPS) is 16.6. The Morgan fingerprint density at radius 2 is 1.80 bits per heavy atom. The fraction of sp³-hybridized carbons (Fsp3) is 0.368. The molecule has 0 spiro atoms. The molecular formula is C19H23N5O5S. The van der Waals surface area contributed by atoms with E-state index in [1.165, 1.54) is 10.9 Å². The third-order valence-electron chi connectivity index (χ3n) is 4.85. The van der Waals surface area contributed by atoms with Gasteiger partial charge in [0.15, 0.2) is 15.7 Å². The maximum Gasteiger partial charge on any atom is 0.287 e. The smallest absolute Gasteiger partial charge is 0.287 e. The first-order chi connectivity index (χ1) is 14.2. The summed E-state index contributed by atoms with van der Waals surface area (Å²) in [4.78, 5) is 38.4. The topological polar surface area (TPSA) is 144 Å². The quantitative estimate of drug-likeness (QED) is 0.536. The Morgan fingerprint density at radius 1 is 1.17 bits per heavy atom. The monoisotopic (exact) mass is 433 g/mol. The number of nitrogens with two attached hydrogens (primary N) is 1. The predicted octanol–water partition coefficient (Wildman–Crippen LogP) is -0.950. The van der Waals surface area contributed by atoms with E-state index >= 15 is 0 Å². The summed E-state index contributed by atoms with van der Waals surface area (Å²) in [6.07, 6.45) is 1.59. The molecule has 1 aliphatic rings. The van der Waals surface area contributed by atoms with E-state index in [2.05, 4.69) is 10.4 Å². The number of amides is 2. The molecule has 3 N–H and O–H groups in total. The van der Waals surface area contributed by atoms with Gasteiger partial charge in [-0.1, -0.05) is 30.3 Å². The SMILES string of the molecule is Cn1cc(C(=O)NC(Cc2ccccc2)C(=O)C(N)=O)c(N2CCS(=O)(=O)CC2)n1. The zero-order valence-corrected chi connectivity index (χ0v) is 17.3. The zero-order chi connectivity index (χ0) is 21.9. The number of Topliss-reactive ketones (excluding diaryl/α,β-unsaturated/α-hetero) is 1. The number of benzene rings is 1. The third-order valence-corrected chi connectivity index (χ3v) is 6.45. The van der Waals surface area contributed by atoms with Gasteiger partial charge < -0.3 is 16.0 Å². The van der Waals surface area contributed by atoms with Crippen molar-refractivity contribution in [3.8, 4) is 0 Å². The van der Waals surface area contributed by atoms with Crippen LogP contribution in [0.15, 0.2) is 36.5 Å². The van der Waals surface area contributed by atoms with Crippen LogP contribution in [0.25, 0.3) is 0 Å². The number of ketones is 1. The Bertz CT molecular complexity index is 1050. The number of primary amides is 1. The Labute approximate surface area is 173 Å². The van der Waals surface area contributed by atoms with Gasteiger partial charge in [0, 0.05) is 32.8 Å². The van der Waals surface area contributed by atoms with Gasteiger partial charge in [-0.3, -0.25) is 19.1 Å². The second-order valence-corrected chi connectivity index (χ2v) is 9.43.